The lowest BCUT2D eigenvalue weighted by atomic mass is 9.95. The second-order valence-corrected chi connectivity index (χ2v) is 7.51. The molecule has 3 heterocycles. The van der Waals surface area contributed by atoms with Crippen LogP contribution in [0, 0.1) is 0 Å². The number of fused-ring (bicyclic) bond motifs is 1. The van der Waals surface area contributed by atoms with E-state index in [1.165, 1.54) is 19.3 Å². The van der Waals surface area contributed by atoms with Gasteiger partial charge in [-0.25, -0.2) is 9.50 Å². The van der Waals surface area contributed by atoms with E-state index in [0.29, 0.717) is 17.3 Å². The molecule has 2 fully saturated rings. The predicted molar refractivity (Wildman–Crippen MR) is 102 cm³/mol. The molecule has 2 N–H and O–H groups in total. The Morgan fingerprint density at radius 2 is 2.00 bits per heavy atom. The minimum atomic E-state index is -0.0546. The maximum Gasteiger partial charge on any atom is 0.256 e. The number of piperidine rings is 1. The Morgan fingerprint density at radius 3 is 2.77 bits per heavy atom. The summed E-state index contributed by atoms with van der Waals surface area (Å²) in [4.78, 5) is 19.7. The predicted octanol–water partition coefficient (Wildman–Crippen LogP) is 1.98. The van der Waals surface area contributed by atoms with E-state index in [-0.39, 0.29) is 11.9 Å². The van der Waals surface area contributed by atoms with Gasteiger partial charge in [-0.15, -0.1) is 0 Å². The number of aromatic nitrogens is 3. The number of hydrogen-bond acceptors (Lipinski definition) is 5. The zero-order valence-corrected chi connectivity index (χ0v) is 15.4. The second-order valence-electron chi connectivity index (χ2n) is 7.51. The fraction of sp³-hybridized carbons (Fsp3) is 0.632. The molecule has 1 saturated carbocycles. The monoisotopic (exact) mass is 356 g/mol. The van der Waals surface area contributed by atoms with Crippen LogP contribution in [0.5, 0.6) is 0 Å². The zero-order valence-electron chi connectivity index (χ0n) is 15.4. The fourth-order valence-electron chi connectivity index (χ4n) is 4.11. The molecule has 0 atom stereocenters. The summed E-state index contributed by atoms with van der Waals surface area (Å²) in [6.45, 7) is 2.08. The molecule has 2 aromatic rings. The molecule has 4 rings (SSSR count). The highest BCUT2D eigenvalue weighted by Gasteiger charge is 2.22. The van der Waals surface area contributed by atoms with Crippen LogP contribution in [-0.4, -0.2) is 52.7 Å². The van der Waals surface area contributed by atoms with Crippen LogP contribution in [0.1, 0.15) is 55.3 Å². The van der Waals surface area contributed by atoms with Crippen LogP contribution in [0.3, 0.4) is 0 Å². The number of hydrogen-bond donors (Lipinski definition) is 2. The third kappa shape index (κ3) is 3.53. The maximum atomic E-state index is 12.7. The molecule has 7 heteroatoms. The first kappa shape index (κ1) is 17.3. The van der Waals surface area contributed by atoms with Crippen molar-refractivity contribution >= 4 is 17.4 Å². The fourth-order valence-corrected chi connectivity index (χ4v) is 4.11. The standard InChI is InChI=1S/C19H28N6O/c1-24(15-7-10-20-11-8-15)17-9-12-25-18(23-17)16(13-21-25)19(26)22-14-5-3-2-4-6-14/h9,12-15,20H,2-8,10-11H2,1H3,(H,22,26). The van der Waals surface area contributed by atoms with Gasteiger partial charge in [0, 0.05) is 25.3 Å². The lowest BCUT2D eigenvalue weighted by molar-refractivity contribution is 0.0929. The first-order valence-corrected chi connectivity index (χ1v) is 9.81. The molecule has 1 aliphatic carbocycles. The normalized spacial score (nSPS) is 19.6. The van der Waals surface area contributed by atoms with Crippen LogP contribution in [-0.2, 0) is 0 Å². The highest BCUT2D eigenvalue weighted by Crippen LogP contribution is 2.21. The minimum absolute atomic E-state index is 0.0546. The number of rotatable bonds is 4. The lowest BCUT2D eigenvalue weighted by Crippen LogP contribution is -2.41. The molecule has 26 heavy (non-hydrogen) atoms. The van der Waals surface area contributed by atoms with Crippen molar-refractivity contribution in [1.29, 1.82) is 0 Å². The summed E-state index contributed by atoms with van der Waals surface area (Å²) >= 11 is 0. The molecule has 140 valence electrons. The Kier molecular flexibility index (Phi) is 5.06. The molecular formula is C19H28N6O. The van der Waals surface area contributed by atoms with Gasteiger partial charge in [-0.3, -0.25) is 4.79 Å². The smallest absolute Gasteiger partial charge is 0.256 e. The lowest BCUT2D eigenvalue weighted by Gasteiger charge is -2.32. The molecule has 0 bridgehead atoms. The molecular weight excluding hydrogens is 328 g/mol. The van der Waals surface area contributed by atoms with E-state index in [1.54, 1.807) is 10.7 Å². The van der Waals surface area contributed by atoms with Crippen molar-refractivity contribution in [3.63, 3.8) is 0 Å². The topological polar surface area (TPSA) is 74.6 Å². The van der Waals surface area contributed by atoms with Crippen LogP contribution in [0.2, 0.25) is 0 Å². The van der Waals surface area contributed by atoms with Crippen molar-refractivity contribution in [2.24, 2.45) is 0 Å². The number of anilines is 1. The van der Waals surface area contributed by atoms with E-state index in [0.717, 1.165) is 44.6 Å². The maximum absolute atomic E-state index is 12.7. The Hall–Kier alpha value is -2.15. The van der Waals surface area contributed by atoms with Gasteiger partial charge in [-0.05, 0) is 44.8 Å². The van der Waals surface area contributed by atoms with Gasteiger partial charge in [-0.1, -0.05) is 19.3 Å². The van der Waals surface area contributed by atoms with Crippen LogP contribution in [0.25, 0.3) is 5.65 Å². The molecule has 2 aromatic heterocycles. The molecule has 0 radical (unpaired) electrons. The summed E-state index contributed by atoms with van der Waals surface area (Å²) in [5, 5.41) is 10.9. The molecule has 1 saturated heterocycles. The van der Waals surface area contributed by atoms with Crippen LogP contribution >= 0.6 is 0 Å². The first-order valence-electron chi connectivity index (χ1n) is 9.81. The van der Waals surface area contributed by atoms with E-state index in [2.05, 4.69) is 27.7 Å². The summed E-state index contributed by atoms with van der Waals surface area (Å²) in [5.41, 5.74) is 1.20. The van der Waals surface area contributed by atoms with E-state index in [4.69, 9.17) is 4.98 Å². The molecule has 1 amide bonds. The van der Waals surface area contributed by atoms with Gasteiger partial charge < -0.3 is 15.5 Å². The third-order valence-corrected chi connectivity index (χ3v) is 5.76. The molecule has 7 nitrogen and oxygen atoms in total. The number of nitrogens with zero attached hydrogens (tertiary/aromatic N) is 4. The van der Waals surface area contributed by atoms with E-state index < -0.39 is 0 Å². The van der Waals surface area contributed by atoms with Crippen molar-refractivity contribution in [2.45, 2.75) is 57.0 Å². The van der Waals surface area contributed by atoms with Gasteiger partial charge in [0.25, 0.3) is 5.91 Å². The van der Waals surface area contributed by atoms with Gasteiger partial charge in [0.15, 0.2) is 5.65 Å². The van der Waals surface area contributed by atoms with Gasteiger partial charge in [0.1, 0.15) is 11.4 Å². The molecule has 2 aliphatic rings. The minimum Gasteiger partial charge on any atom is -0.356 e. The summed E-state index contributed by atoms with van der Waals surface area (Å²) in [5.74, 6) is 0.845. The third-order valence-electron chi connectivity index (χ3n) is 5.76. The summed E-state index contributed by atoms with van der Waals surface area (Å²) in [6, 6.07) is 2.74. The van der Waals surface area contributed by atoms with E-state index >= 15 is 0 Å². The highest BCUT2D eigenvalue weighted by atomic mass is 16.1. The van der Waals surface area contributed by atoms with Gasteiger partial charge >= 0.3 is 0 Å². The van der Waals surface area contributed by atoms with Crippen LogP contribution in [0.15, 0.2) is 18.5 Å². The Bertz CT molecular complexity index is 760. The molecule has 1 aliphatic heterocycles. The van der Waals surface area contributed by atoms with E-state index in [1.807, 2.05) is 12.3 Å². The number of nitrogens with one attached hydrogen (secondary N) is 2. The quantitative estimate of drug-likeness (QED) is 0.876. The van der Waals surface area contributed by atoms with Crippen molar-refractivity contribution in [3.8, 4) is 0 Å². The van der Waals surface area contributed by atoms with E-state index in [9.17, 15) is 4.79 Å². The average molecular weight is 356 g/mol. The summed E-state index contributed by atoms with van der Waals surface area (Å²) in [7, 11) is 2.09. The Morgan fingerprint density at radius 1 is 1.23 bits per heavy atom. The van der Waals surface area contributed by atoms with Crippen molar-refractivity contribution in [2.75, 3.05) is 25.0 Å². The largest absolute Gasteiger partial charge is 0.356 e. The highest BCUT2D eigenvalue weighted by molar-refractivity contribution is 5.99. The number of carbonyl (C=O) groups excluding carboxylic acids is 1. The molecule has 0 spiro atoms. The van der Waals surface area contributed by atoms with Gasteiger partial charge in [0.2, 0.25) is 0 Å². The van der Waals surface area contributed by atoms with Crippen LogP contribution < -0.4 is 15.5 Å². The Labute approximate surface area is 154 Å². The summed E-state index contributed by atoms with van der Waals surface area (Å²) < 4.78 is 1.69. The SMILES string of the molecule is CN(c1ccn2ncc(C(=O)NC3CCCCC3)c2n1)C1CCNCC1. The number of amides is 1. The average Bonchev–Trinajstić information content (AvgIpc) is 3.12. The molecule has 0 aromatic carbocycles. The van der Waals surface area contributed by atoms with Crippen molar-refractivity contribution in [3.05, 3.63) is 24.0 Å². The summed E-state index contributed by atoms with van der Waals surface area (Å²) in [6.07, 6.45) is 11.6. The first-order chi connectivity index (χ1) is 12.7. The van der Waals surface area contributed by atoms with Crippen LogP contribution in [0.4, 0.5) is 5.82 Å². The number of carbonyl (C=O) groups is 1. The zero-order chi connectivity index (χ0) is 17.9. The Balaban J connectivity index is 1.54. The van der Waals surface area contributed by atoms with Crippen molar-refractivity contribution in [1.82, 2.24) is 25.2 Å². The van der Waals surface area contributed by atoms with Gasteiger partial charge in [0.05, 0.1) is 6.20 Å². The molecule has 0 unspecified atom stereocenters. The van der Waals surface area contributed by atoms with Crippen molar-refractivity contribution < 1.29 is 4.79 Å². The van der Waals surface area contributed by atoms with Gasteiger partial charge in [-0.2, -0.15) is 5.10 Å². The second kappa shape index (κ2) is 7.61.